The minimum Gasteiger partial charge on any atom is -0.445 e. The summed E-state index contributed by atoms with van der Waals surface area (Å²) in [4.78, 5) is 15.4. The third-order valence-corrected chi connectivity index (χ3v) is 3.47. The highest BCUT2D eigenvalue weighted by atomic mass is 16.5. The maximum absolute atomic E-state index is 11.5. The SMILES string of the molecule is O=C(NCC1(O)CCCCC1)OCc1ccncc1. The Labute approximate surface area is 113 Å². The second-order valence-corrected chi connectivity index (χ2v) is 5.07. The van der Waals surface area contributed by atoms with Crippen molar-refractivity contribution < 1.29 is 14.6 Å². The fourth-order valence-corrected chi connectivity index (χ4v) is 2.30. The first-order chi connectivity index (χ1) is 9.18. The molecule has 104 valence electrons. The molecule has 1 amide bonds. The second-order valence-electron chi connectivity index (χ2n) is 5.07. The minimum absolute atomic E-state index is 0.215. The quantitative estimate of drug-likeness (QED) is 0.872. The van der Waals surface area contributed by atoms with Crippen molar-refractivity contribution in [3.05, 3.63) is 30.1 Å². The molecule has 0 aliphatic heterocycles. The molecule has 0 aromatic carbocycles. The summed E-state index contributed by atoms with van der Waals surface area (Å²) in [5.74, 6) is 0. The lowest BCUT2D eigenvalue weighted by Gasteiger charge is -2.31. The Morgan fingerprint density at radius 1 is 1.32 bits per heavy atom. The standard InChI is InChI=1S/C14H20N2O3/c17-13(19-10-12-4-8-15-9-5-12)16-11-14(18)6-2-1-3-7-14/h4-5,8-9,18H,1-3,6-7,10-11H2,(H,16,17). The van der Waals surface area contributed by atoms with Gasteiger partial charge >= 0.3 is 6.09 Å². The van der Waals surface area contributed by atoms with Crippen LogP contribution in [0.5, 0.6) is 0 Å². The van der Waals surface area contributed by atoms with Crippen molar-refractivity contribution in [1.29, 1.82) is 0 Å². The Hall–Kier alpha value is -1.62. The maximum Gasteiger partial charge on any atom is 0.407 e. The van der Waals surface area contributed by atoms with Crippen molar-refractivity contribution in [1.82, 2.24) is 10.3 Å². The highest BCUT2D eigenvalue weighted by Gasteiger charge is 2.29. The molecule has 0 saturated heterocycles. The number of nitrogens with one attached hydrogen (secondary N) is 1. The summed E-state index contributed by atoms with van der Waals surface area (Å²) in [5, 5.41) is 12.9. The zero-order valence-corrected chi connectivity index (χ0v) is 11.0. The van der Waals surface area contributed by atoms with Gasteiger partial charge in [0.1, 0.15) is 6.61 Å². The smallest absolute Gasteiger partial charge is 0.407 e. The third kappa shape index (κ3) is 4.52. The predicted molar refractivity (Wildman–Crippen MR) is 70.5 cm³/mol. The Morgan fingerprint density at radius 2 is 2.00 bits per heavy atom. The molecule has 1 aromatic heterocycles. The summed E-state index contributed by atoms with van der Waals surface area (Å²) < 4.78 is 5.08. The topological polar surface area (TPSA) is 71.5 Å². The minimum atomic E-state index is -0.756. The molecule has 5 nitrogen and oxygen atoms in total. The monoisotopic (exact) mass is 264 g/mol. The second kappa shape index (κ2) is 6.52. The van der Waals surface area contributed by atoms with Gasteiger partial charge in [-0.2, -0.15) is 0 Å². The first kappa shape index (κ1) is 13.8. The molecule has 0 spiro atoms. The van der Waals surface area contributed by atoms with E-state index in [1.807, 2.05) is 0 Å². The fourth-order valence-electron chi connectivity index (χ4n) is 2.30. The summed E-state index contributed by atoms with van der Waals surface area (Å²) in [5.41, 5.74) is 0.134. The van der Waals surface area contributed by atoms with E-state index in [0.29, 0.717) is 0 Å². The van der Waals surface area contributed by atoms with Crippen LogP contribution >= 0.6 is 0 Å². The molecule has 5 heteroatoms. The van der Waals surface area contributed by atoms with Crippen LogP contribution in [0.15, 0.2) is 24.5 Å². The highest BCUT2D eigenvalue weighted by molar-refractivity contribution is 5.67. The number of aromatic nitrogens is 1. The van der Waals surface area contributed by atoms with Crippen molar-refractivity contribution in [3.63, 3.8) is 0 Å². The number of amides is 1. The Bertz CT molecular complexity index is 402. The van der Waals surface area contributed by atoms with Crippen LogP contribution in [-0.2, 0) is 11.3 Å². The molecule has 0 unspecified atom stereocenters. The van der Waals surface area contributed by atoms with E-state index in [1.54, 1.807) is 24.5 Å². The first-order valence-electron chi connectivity index (χ1n) is 6.70. The van der Waals surface area contributed by atoms with Crippen LogP contribution in [0.3, 0.4) is 0 Å². The van der Waals surface area contributed by atoms with Gasteiger partial charge in [-0.1, -0.05) is 19.3 Å². The van der Waals surface area contributed by atoms with Gasteiger partial charge < -0.3 is 15.2 Å². The number of ether oxygens (including phenoxy) is 1. The molecular weight excluding hydrogens is 244 g/mol. The van der Waals surface area contributed by atoms with Gasteiger partial charge in [-0.15, -0.1) is 0 Å². The van der Waals surface area contributed by atoms with E-state index >= 15 is 0 Å². The van der Waals surface area contributed by atoms with Crippen LogP contribution in [0.2, 0.25) is 0 Å². The summed E-state index contributed by atoms with van der Waals surface area (Å²) in [6, 6.07) is 3.59. The number of carbonyl (C=O) groups is 1. The molecule has 0 bridgehead atoms. The van der Waals surface area contributed by atoms with Crippen molar-refractivity contribution in [2.75, 3.05) is 6.54 Å². The van der Waals surface area contributed by atoms with Gasteiger partial charge in [0.15, 0.2) is 0 Å². The number of aliphatic hydroxyl groups is 1. The number of rotatable bonds is 4. The van der Waals surface area contributed by atoms with E-state index in [0.717, 1.165) is 37.7 Å². The van der Waals surface area contributed by atoms with Crippen LogP contribution in [-0.4, -0.2) is 28.3 Å². The van der Waals surface area contributed by atoms with E-state index in [4.69, 9.17) is 4.74 Å². The van der Waals surface area contributed by atoms with Crippen LogP contribution in [0.25, 0.3) is 0 Å². The molecule has 1 aliphatic carbocycles. The number of alkyl carbamates (subject to hydrolysis) is 1. The average molecular weight is 264 g/mol. The lowest BCUT2D eigenvalue weighted by Crippen LogP contribution is -2.44. The average Bonchev–Trinajstić information content (AvgIpc) is 2.45. The van der Waals surface area contributed by atoms with Gasteiger partial charge in [0.05, 0.1) is 5.60 Å². The van der Waals surface area contributed by atoms with Gasteiger partial charge in [0.25, 0.3) is 0 Å². The van der Waals surface area contributed by atoms with Crippen LogP contribution in [0.1, 0.15) is 37.7 Å². The zero-order valence-electron chi connectivity index (χ0n) is 11.0. The lowest BCUT2D eigenvalue weighted by molar-refractivity contribution is 0.00415. The molecule has 0 radical (unpaired) electrons. The van der Waals surface area contributed by atoms with Gasteiger partial charge in [0, 0.05) is 18.9 Å². The number of hydrogen-bond donors (Lipinski definition) is 2. The Balaban J connectivity index is 1.70. The zero-order chi connectivity index (χ0) is 13.6. The molecule has 1 aliphatic rings. The molecule has 2 N–H and O–H groups in total. The van der Waals surface area contributed by atoms with E-state index < -0.39 is 11.7 Å². The van der Waals surface area contributed by atoms with Gasteiger partial charge in [-0.25, -0.2) is 4.79 Å². The first-order valence-corrected chi connectivity index (χ1v) is 6.70. The number of hydrogen-bond acceptors (Lipinski definition) is 4. The molecule has 1 fully saturated rings. The van der Waals surface area contributed by atoms with Crippen LogP contribution in [0.4, 0.5) is 4.79 Å². The number of carbonyl (C=O) groups excluding carboxylic acids is 1. The van der Waals surface area contributed by atoms with E-state index in [9.17, 15) is 9.90 Å². The Morgan fingerprint density at radius 3 is 2.68 bits per heavy atom. The normalized spacial score (nSPS) is 17.7. The van der Waals surface area contributed by atoms with E-state index in [-0.39, 0.29) is 13.2 Å². The largest absolute Gasteiger partial charge is 0.445 e. The van der Waals surface area contributed by atoms with Crippen LogP contribution < -0.4 is 5.32 Å². The van der Waals surface area contributed by atoms with Gasteiger partial charge in [-0.3, -0.25) is 4.98 Å². The van der Waals surface area contributed by atoms with E-state index in [1.165, 1.54) is 0 Å². The molecular formula is C14H20N2O3. The summed E-state index contributed by atoms with van der Waals surface area (Å²) in [6.45, 7) is 0.481. The van der Waals surface area contributed by atoms with Crippen LogP contribution in [0, 0.1) is 0 Å². The highest BCUT2D eigenvalue weighted by Crippen LogP contribution is 2.27. The lowest BCUT2D eigenvalue weighted by atomic mass is 9.85. The van der Waals surface area contributed by atoms with Crippen molar-refractivity contribution >= 4 is 6.09 Å². The molecule has 1 aromatic rings. The summed E-state index contributed by atoms with van der Waals surface area (Å²) in [6.07, 6.45) is 7.51. The Kier molecular flexibility index (Phi) is 4.74. The predicted octanol–water partition coefficient (Wildman–Crippen LogP) is 2.00. The van der Waals surface area contributed by atoms with E-state index in [2.05, 4.69) is 10.3 Å². The number of nitrogens with zero attached hydrogens (tertiary/aromatic N) is 1. The molecule has 19 heavy (non-hydrogen) atoms. The van der Waals surface area contributed by atoms with Gasteiger partial charge in [-0.05, 0) is 30.5 Å². The summed E-state index contributed by atoms with van der Waals surface area (Å²) >= 11 is 0. The van der Waals surface area contributed by atoms with Crippen molar-refractivity contribution in [3.8, 4) is 0 Å². The maximum atomic E-state index is 11.5. The number of pyridine rings is 1. The molecule has 1 heterocycles. The van der Waals surface area contributed by atoms with Crippen molar-refractivity contribution in [2.24, 2.45) is 0 Å². The molecule has 2 rings (SSSR count). The molecule has 0 atom stereocenters. The fraction of sp³-hybridized carbons (Fsp3) is 0.571. The molecule has 1 saturated carbocycles. The summed E-state index contributed by atoms with van der Waals surface area (Å²) in [7, 11) is 0. The van der Waals surface area contributed by atoms with Crippen molar-refractivity contribution in [2.45, 2.75) is 44.3 Å². The van der Waals surface area contributed by atoms with Gasteiger partial charge in [0.2, 0.25) is 0 Å². The third-order valence-electron chi connectivity index (χ3n) is 3.47.